The maximum Gasteiger partial charge on any atom is 0.421 e. The van der Waals surface area contributed by atoms with Crippen LogP contribution in [-0.2, 0) is 25.8 Å². The molecule has 4 fully saturated rings. The van der Waals surface area contributed by atoms with Crippen LogP contribution in [0.1, 0.15) is 87.3 Å². The summed E-state index contributed by atoms with van der Waals surface area (Å²) in [6, 6.07) is 10.6. The van der Waals surface area contributed by atoms with Gasteiger partial charge in [0.25, 0.3) is 6.43 Å². The van der Waals surface area contributed by atoms with Crippen molar-refractivity contribution in [2.24, 2.45) is 5.92 Å². The molecule has 59 heavy (non-hydrogen) atoms. The number of aliphatic hydroxyl groups is 1. The third kappa shape index (κ3) is 10.1. The summed E-state index contributed by atoms with van der Waals surface area (Å²) < 4.78 is 105. The van der Waals surface area contributed by atoms with E-state index in [1.54, 1.807) is 0 Å². The molecule has 3 aliphatic heterocycles. The average molecular weight is 850 g/mol. The van der Waals surface area contributed by atoms with Crippen LogP contribution in [0.3, 0.4) is 0 Å². The summed E-state index contributed by atoms with van der Waals surface area (Å²) >= 11 is 0. The number of carbonyl (C=O) groups is 2. The van der Waals surface area contributed by atoms with Crippen LogP contribution < -0.4 is 20.3 Å². The predicted molar refractivity (Wildman–Crippen MR) is 207 cm³/mol. The van der Waals surface area contributed by atoms with Crippen LogP contribution in [0.5, 0.6) is 5.75 Å². The third-order valence-electron chi connectivity index (χ3n) is 11.7. The number of amides is 2. The van der Waals surface area contributed by atoms with Gasteiger partial charge in [-0.05, 0) is 93.7 Å². The van der Waals surface area contributed by atoms with Crippen molar-refractivity contribution >= 4 is 39.3 Å². The molecule has 3 aromatic rings. The van der Waals surface area contributed by atoms with Gasteiger partial charge in [-0.2, -0.15) is 22.5 Å². The Kier molecular flexibility index (Phi) is 12.5. The maximum absolute atomic E-state index is 14.4. The van der Waals surface area contributed by atoms with Gasteiger partial charge < -0.3 is 25.0 Å². The Morgan fingerprint density at radius 2 is 1.71 bits per heavy atom. The summed E-state index contributed by atoms with van der Waals surface area (Å²) in [6.07, 6.45) is -2.16. The number of sulfonamides is 1. The number of alkyl halides is 5. The molecule has 19 heteroatoms. The van der Waals surface area contributed by atoms with Crippen molar-refractivity contribution in [2.75, 3.05) is 56.0 Å². The lowest BCUT2D eigenvalue weighted by Gasteiger charge is -2.38. The third-order valence-corrected chi connectivity index (χ3v) is 13.6. The molecule has 1 saturated carbocycles. The number of nitrogens with one attached hydrogen (secondary N) is 2. The van der Waals surface area contributed by atoms with Gasteiger partial charge in [0, 0.05) is 69.7 Å². The summed E-state index contributed by atoms with van der Waals surface area (Å²) in [5.74, 6) is -0.650. The van der Waals surface area contributed by atoms with Gasteiger partial charge in [0.2, 0.25) is 27.8 Å². The number of hydrogen-bond donors (Lipinski definition) is 3. The minimum atomic E-state index is -4.82. The van der Waals surface area contributed by atoms with Gasteiger partial charge in [0.1, 0.15) is 17.1 Å². The van der Waals surface area contributed by atoms with E-state index in [0.29, 0.717) is 50.9 Å². The minimum absolute atomic E-state index is 0.0487. The number of rotatable bonds is 11. The van der Waals surface area contributed by atoms with Gasteiger partial charge >= 0.3 is 6.18 Å². The fourth-order valence-corrected chi connectivity index (χ4v) is 9.93. The number of imide groups is 1. The molecule has 13 nitrogen and oxygen atoms in total. The largest absolute Gasteiger partial charge is 0.490 e. The highest BCUT2D eigenvalue weighted by atomic mass is 32.2. The second kappa shape index (κ2) is 17.3. The molecule has 1 aliphatic carbocycles. The predicted octanol–water partition coefficient (Wildman–Crippen LogP) is 5.99. The fraction of sp³-hybridized carbons (Fsp3) is 0.550. The number of piperidine rings is 2. The van der Waals surface area contributed by atoms with E-state index < -0.39 is 51.1 Å². The molecule has 0 bridgehead atoms. The summed E-state index contributed by atoms with van der Waals surface area (Å²) in [4.78, 5) is 34.6. The Hall–Kier alpha value is -4.46. The standard InChI is InChI=1S/C40H48F5N7O6S/c1-39(55)15-2-16-51(24-39)36-32(40(43,44)45)22-46-38(49-36)47-33-13-11-29(21-31(33)35(41)42)59(56,57)52-19-17-50(18-20-52)23-25-3-7-27(8-4-25)58-28-9-5-26(6-10-28)30-12-14-34(53)48-37(30)54/h5-6,9-11,13,21-22,25,27,30,35,55H,2-4,7-8,12,14-20,23-24H2,1H3,(H,46,47,49)(H,48,53,54)/t25?,27?,30?,39-/m0/s1. The lowest BCUT2D eigenvalue weighted by Crippen LogP contribution is -2.50. The molecule has 4 aliphatic rings. The Bertz CT molecular complexity index is 2110. The van der Waals surface area contributed by atoms with Crippen LogP contribution in [0.2, 0.25) is 0 Å². The highest BCUT2D eigenvalue weighted by Crippen LogP contribution is 2.39. The van der Waals surface area contributed by atoms with E-state index in [4.69, 9.17) is 4.74 Å². The number of nitrogens with zero attached hydrogens (tertiary/aromatic N) is 5. The van der Waals surface area contributed by atoms with Crippen LogP contribution in [0.4, 0.5) is 39.4 Å². The highest BCUT2D eigenvalue weighted by molar-refractivity contribution is 7.89. The summed E-state index contributed by atoms with van der Waals surface area (Å²) in [6.45, 7) is 3.65. The lowest BCUT2D eigenvalue weighted by atomic mass is 9.87. The van der Waals surface area contributed by atoms with Gasteiger partial charge in [-0.15, -0.1) is 0 Å². The Morgan fingerprint density at radius 3 is 2.36 bits per heavy atom. The van der Waals surface area contributed by atoms with Gasteiger partial charge in [0.15, 0.2) is 0 Å². The molecule has 3 N–H and O–H groups in total. The SMILES string of the molecule is C[C@]1(O)CCCN(c2nc(Nc3ccc(S(=O)(=O)N4CCN(CC5CCC(Oc6ccc(C7CCC(=O)NC7=O)cc6)CC5)CC4)cc3C(F)F)ncc2C(F)(F)F)C1. The summed E-state index contributed by atoms with van der Waals surface area (Å²) in [5.41, 5.74) is -2.49. The van der Waals surface area contributed by atoms with E-state index in [1.807, 2.05) is 24.3 Å². The van der Waals surface area contributed by atoms with Crippen LogP contribution in [0, 0.1) is 5.92 Å². The van der Waals surface area contributed by atoms with Gasteiger partial charge in [-0.1, -0.05) is 12.1 Å². The Balaban J connectivity index is 0.921. The fourth-order valence-electron chi connectivity index (χ4n) is 8.47. The van der Waals surface area contributed by atoms with E-state index in [1.165, 1.54) is 22.2 Å². The Morgan fingerprint density at radius 1 is 1.00 bits per heavy atom. The highest BCUT2D eigenvalue weighted by Gasteiger charge is 2.40. The van der Waals surface area contributed by atoms with E-state index in [0.717, 1.165) is 55.7 Å². The van der Waals surface area contributed by atoms with Crippen LogP contribution in [0.15, 0.2) is 53.6 Å². The Labute approximate surface area is 339 Å². The van der Waals surface area contributed by atoms with Crippen LogP contribution >= 0.6 is 0 Å². The monoisotopic (exact) mass is 849 g/mol. The van der Waals surface area contributed by atoms with Crippen LogP contribution in [-0.4, -0.2) is 102 Å². The number of ether oxygens (including phenoxy) is 1. The molecular weight excluding hydrogens is 802 g/mol. The van der Waals surface area contributed by atoms with Crippen molar-refractivity contribution in [2.45, 2.75) is 93.4 Å². The molecule has 2 amide bonds. The quantitative estimate of drug-likeness (QED) is 0.154. The maximum atomic E-state index is 14.4. The molecule has 3 saturated heterocycles. The molecule has 2 aromatic carbocycles. The first-order valence-corrected chi connectivity index (χ1v) is 21.3. The second-order valence-electron chi connectivity index (χ2n) is 16.2. The number of β-amino-alcohol motifs (C(OH)–C–C–N with tert-alkyl or cyclic N) is 1. The number of piperazine rings is 1. The first-order chi connectivity index (χ1) is 27.9. The summed E-state index contributed by atoms with van der Waals surface area (Å²) in [5, 5.41) is 15.5. The smallest absolute Gasteiger partial charge is 0.421 e. The number of benzene rings is 2. The van der Waals surface area contributed by atoms with Crippen molar-refractivity contribution in [1.29, 1.82) is 0 Å². The van der Waals surface area contributed by atoms with Gasteiger partial charge in [0.05, 0.1) is 22.5 Å². The zero-order valence-corrected chi connectivity index (χ0v) is 33.4. The number of halogens is 5. The molecule has 7 rings (SSSR count). The molecule has 1 unspecified atom stereocenters. The van der Waals surface area contributed by atoms with E-state index >= 15 is 0 Å². The van der Waals surface area contributed by atoms with Crippen molar-refractivity contribution in [3.8, 4) is 5.75 Å². The molecule has 320 valence electrons. The summed E-state index contributed by atoms with van der Waals surface area (Å²) in [7, 11) is -4.16. The molecule has 2 atom stereocenters. The number of aromatic nitrogens is 2. The second-order valence-corrected chi connectivity index (χ2v) is 18.1. The van der Waals surface area contributed by atoms with Crippen molar-refractivity contribution < 1.29 is 49.8 Å². The number of hydrogen-bond acceptors (Lipinski definition) is 11. The number of carbonyl (C=O) groups excluding carboxylic acids is 2. The zero-order valence-electron chi connectivity index (χ0n) is 32.6. The van der Waals surface area contributed by atoms with E-state index in [-0.39, 0.29) is 60.6 Å². The normalized spacial score (nSPS) is 25.2. The first-order valence-electron chi connectivity index (χ1n) is 19.9. The van der Waals surface area contributed by atoms with Gasteiger partial charge in [-0.3, -0.25) is 14.9 Å². The van der Waals surface area contributed by atoms with Crippen molar-refractivity contribution in [3.05, 3.63) is 65.4 Å². The topological polar surface area (TPSA) is 157 Å². The molecule has 0 spiro atoms. The molecule has 1 aromatic heterocycles. The van der Waals surface area contributed by atoms with Crippen LogP contribution in [0.25, 0.3) is 0 Å². The van der Waals surface area contributed by atoms with Crippen molar-refractivity contribution in [3.63, 3.8) is 0 Å². The average Bonchev–Trinajstić information content (AvgIpc) is 3.18. The number of anilines is 3. The molecule has 0 radical (unpaired) electrons. The van der Waals surface area contributed by atoms with E-state index in [2.05, 4.69) is 25.5 Å². The van der Waals surface area contributed by atoms with E-state index in [9.17, 15) is 45.1 Å². The van der Waals surface area contributed by atoms with Gasteiger partial charge in [-0.25, -0.2) is 22.2 Å². The molecular formula is C40H48F5N7O6S. The zero-order chi connectivity index (χ0) is 42.1. The van der Waals surface area contributed by atoms with Crippen molar-refractivity contribution in [1.82, 2.24) is 24.5 Å². The minimum Gasteiger partial charge on any atom is -0.490 e. The lowest BCUT2D eigenvalue weighted by molar-refractivity contribution is -0.138. The molecule has 4 heterocycles. The first kappa shape index (κ1) is 42.7.